The highest BCUT2D eigenvalue weighted by molar-refractivity contribution is 6.30. The molecular formula is C20H23ClN2O3. The topological polar surface area (TPSA) is 67.4 Å². The molecule has 2 amide bonds. The summed E-state index contributed by atoms with van der Waals surface area (Å²) in [6.07, 6.45) is 1.24. The van der Waals surface area contributed by atoms with Crippen molar-refractivity contribution in [1.29, 1.82) is 0 Å². The van der Waals surface area contributed by atoms with Crippen molar-refractivity contribution in [2.45, 2.75) is 19.3 Å². The molecule has 2 aromatic carbocycles. The van der Waals surface area contributed by atoms with Crippen LogP contribution in [0.4, 0.5) is 0 Å². The summed E-state index contributed by atoms with van der Waals surface area (Å²) in [6, 6.07) is 15.1. The van der Waals surface area contributed by atoms with Gasteiger partial charge in [-0.05, 0) is 48.2 Å². The first-order valence-corrected chi connectivity index (χ1v) is 8.85. The molecule has 0 saturated carbocycles. The molecule has 0 aromatic heterocycles. The number of methoxy groups -OCH3 is 1. The first kappa shape index (κ1) is 19.8. The number of halogens is 1. The van der Waals surface area contributed by atoms with Gasteiger partial charge in [0.25, 0.3) is 0 Å². The standard InChI is InChI=1S/C20H23ClN2O3/c1-26-18-8-4-16(5-9-18)11-13-23-20(25)14-19(24)22-12-10-15-2-6-17(21)7-3-15/h2-9H,10-14H2,1H3,(H,22,24)(H,23,25). The highest BCUT2D eigenvalue weighted by atomic mass is 35.5. The van der Waals surface area contributed by atoms with Gasteiger partial charge in [-0.15, -0.1) is 0 Å². The first-order chi connectivity index (χ1) is 12.6. The van der Waals surface area contributed by atoms with Crippen molar-refractivity contribution in [2.24, 2.45) is 0 Å². The van der Waals surface area contributed by atoms with Crippen LogP contribution in [0.15, 0.2) is 48.5 Å². The number of ether oxygens (including phenoxy) is 1. The van der Waals surface area contributed by atoms with Crippen LogP contribution in [0.25, 0.3) is 0 Å². The summed E-state index contributed by atoms with van der Waals surface area (Å²) in [5.74, 6) is 0.247. The monoisotopic (exact) mass is 374 g/mol. The maximum atomic E-state index is 11.8. The molecule has 138 valence electrons. The quantitative estimate of drug-likeness (QED) is 0.663. The molecule has 6 heteroatoms. The third-order valence-electron chi connectivity index (χ3n) is 3.87. The van der Waals surface area contributed by atoms with Crippen molar-refractivity contribution in [3.8, 4) is 5.75 Å². The average Bonchev–Trinajstić information content (AvgIpc) is 2.64. The number of hydrogen-bond acceptors (Lipinski definition) is 3. The van der Waals surface area contributed by atoms with E-state index in [2.05, 4.69) is 10.6 Å². The van der Waals surface area contributed by atoms with Crippen LogP contribution in [0.5, 0.6) is 5.75 Å². The van der Waals surface area contributed by atoms with Crippen LogP contribution in [0.1, 0.15) is 17.5 Å². The minimum atomic E-state index is -0.277. The van der Waals surface area contributed by atoms with Crippen LogP contribution in [0, 0.1) is 0 Å². The van der Waals surface area contributed by atoms with Crippen molar-refractivity contribution in [3.63, 3.8) is 0 Å². The number of carbonyl (C=O) groups excluding carboxylic acids is 2. The van der Waals surface area contributed by atoms with Crippen LogP contribution < -0.4 is 15.4 Å². The van der Waals surface area contributed by atoms with Gasteiger partial charge >= 0.3 is 0 Å². The zero-order chi connectivity index (χ0) is 18.8. The molecule has 0 aliphatic carbocycles. The second-order valence-corrected chi connectivity index (χ2v) is 6.29. The maximum absolute atomic E-state index is 11.8. The van der Waals surface area contributed by atoms with E-state index in [-0.39, 0.29) is 18.2 Å². The Morgan fingerprint density at radius 3 is 1.77 bits per heavy atom. The second kappa shape index (κ2) is 10.5. The molecule has 0 saturated heterocycles. The van der Waals surface area contributed by atoms with Crippen LogP contribution in [0.2, 0.25) is 5.02 Å². The SMILES string of the molecule is COc1ccc(CCNC(=O)CC(=O)NCCc2ccc(Cl)cc2)cc1. The van der Waals surface area contributed by atoms with Crippen molar-refractivity contribution in [2.75, 3.05) is 20.2 Å². The summed E-state index contributed by atoms with van der Waals surface area (Å²) in [4.78, 5) is 23.6. The highest BCUT2D eigenvalue weighted by Crippen LogP contribution is 2.11. The Morgan fingerprint density at radius 1 is 0.846 bits per heavy atom. The second-order valence-electron chi connectivity index (χ2n) is 5.85. The molecule has 0 fully saturated rings. The fourth-order valence-electron chi connectivity index (χ4n) is 2.41. The lowest BCUT2D eigenvalue weighted by molar-refractivity contribution is -0.129. The molecule has 0 heterocycles. The van der Waals surface area contributed by atoms with E-state index in [1.807, 2.05) is 48.5 Å². The summed E-state index contributed by atoms with van der Waals surface area (Å²) >= 11 is 5.83. The molecule has 26 heavy (non-hydrogen) atoms. The van der Waals surface area contributed by atoms with Crippen LogP contribution in [-0.4, -0.2) is 32.0 Å². The summed E-state index contributed by atoms with van der Waals surface area (Å²) in [7, 11) is 1.62. The fourth-order valence-corrected chi connectivity index (χ4v) is 2.53. The van der Waals surface area contributed by atoms with Crippen molar-refractivity contribution in [1.82, 2.24) is 10.6 Å². The van der Waals surface area contributed by atoms with Crippen molar-refractivity contribution < 1.29 is 14.3 Å². The summed E-state index contributed by atoms with van der Waals surface area (Å²) in [6.45, 7) is 0.975. The largest absolute Gasteiger partial charge is 0.497 e. The summed E-state index contributed by atoms with van der Waals surface area (Å²) in [5, 5.41) is 6.19. The fraction of sp³-hybridized carbons (Fsp3) is 0.300. The molecule has 5 nitrogen and oxygen atoms in total. The Hall–Kier alpha value is -2.53. The van der Waals surface area contributed by atoms with E-state index in [0.29, 0.717) is 31.0 Å². The third kappa shape index (κ3) is 7.15. The lowest BCUT2D eigenvalue weighted by Gasteiger charge is -2.07. The number of rotatable bonds is 9. The third-order valence-corrected chi connectivity index (χ3v) is 4.12. The normalized spacial score (nSPS) is 10.2. The van der Waals surface area contributed by atoms with E-state index in [0.717, 1.165) is 16.9 Å². The van der Waals surface area contributed by atoms with Gasteiger partial charge in [0.15, 0.2) is 0 Å². The molecule has 0 radical (unpaired) electrons. The average molecular weight is 375 g/mol. The predicted molar refractivity (Wildman–Crippen MR) is 102 cm³/mol. The molecule has 2 N–H and O–H groups in total. The van der Waals surface area contributed by atoms with Gasteiger partial charge in [-0.2, -0.15) is 0 Å². The van der Waals surface area contributed by atoms with E-state index in [4.69, 9.17) is 16.3 Å². The van der Waals surface area contributed by atoms with Gasteiger partial charge in [0, 0.05) is 18.1 Å². The van der Waals surface area contributed by atoms with E-state index in [1.54, 1.807) is 7.11 Å². The zero-order valence-corrected chi connectivity index (χ0v) is 15.5. The smallest absolute Gasteiger partial charge is 0.229 e. The highest BCUT2D eigenvalue weighted by Gasteiger charge is 2.08. The molecule has 0 aliphatic rings. The van der Waals surface area contributed by atoms with E-state index in [9.17, 15) is 9.59 Å². The van der Waals surface area contributed by atoms with Gasteiger partial charge in [0.05, 0.1) is 7.11 Å². The van der Waals surface area contributed by atoms with E-state index >= 15 is 0 Å². The van der Waals surface area contributed by atoms with Gasteiger partial charge in [-0.3, -0.25) is 9.59 Å². The zero-order valence-electron chi connectivity index (χ0n) is 14.8. The van der Waals surface area contributed by atoms with Crippen LogP contribution >= 0.6 is 11.6 Å². The summed E-state index contributed by atoms with van der Waals surface area (Å²) < 4.78 is 5.10. The van der Waals surface area contributed by atoms with Gasteiger partial charge in [-0.25, -0.2) is 0 Å². The molecule has 2 aromatic rings. The minimum Gasteiger partial charge on any atom is -0.497 e. The number of hydrogen-bond donors (Lipinski definition) is 2. The first-order valence-electron chi connectivity index (χ1n) is 8.47. The maximum Gasteiger partial charge on any atom is 0.229 e. The molecule has 0 spiro atoms. The van der Waals surface area contributed by atoms with Crippen LogP contribution in [0.3, 0.4) is 0 Å². The molecule has 0 unspecified atom stereocenters. The number of benzene rings is 2. The lowest BCUT2D eigenvalue weighted by Crippen LogP contribution is -2.33. The van der Waals surface area contributed by atoms with Crippen molar-refractivity contribution in [3.05, 3.63) is 64.7 Å². The Balaban J connectivity index is 1.60. The molecule has 0 bridgehead atoms. The number of amides is 2. The van der Waals surface area contributed by atoms with Gasteiger partial charge in [0.2, 0.25) is 11.8 Å². The predicted octanol–water partition coefficient (Wildman–Crippen LogP) is 2.76. The van der Waals surface area contributed by atoms with Gasteiger partial charge in [0.1, 0.15) is 12.2 Å². The van der Waals surface area contributed by atoms with Crippen molar-refractivity contribution >= 4 is 23.4 Å². The summed E-state index contributed by atoms with van der Waals surface area (Å²) in [5.41, 5.74) is 2.18. The Bertz CT molecular complexity index is 715. The molecule has 0 aliphatic heterocycles. The molecule has 0 atom stereocenters. The lowest BCUT2D eigenvalue weighted by atomic mass is 10.1. The van der Waals surface area contributed by atoms with Crippen LogP contribution in [-0.2, 0) is 22.4 Å². The van der Waals surface area contributed by atoms with E-state index < -0.39 is 0 Å². The van der Waals surface area contributed by atoms with Gasteiger partial charge in [-0.1, -0.05) is 35.9 Å². The number of nitrogens with one attached hydrogen (secondary N) is 2. The van der Waals surface area contributed by atoms with Gasteiger partial charge < -0.3 is 15.4 Å². The number of carbonyl (C=O) groups is 2. The Kier molecular flexibility index (Phi) is 7.96. The molecule has 2 rings (SSSR count). The minimum absolute atomic E-state index is 0.163. The molecular weight excluding hydrogens is 352 g/mol. The Morgan fingerprint density at radius 2 is 1.31 bits per heavy atom. The van der Waals surface area contributed by atoms with E-state index in [1.165, 1.54) is 0 Å². The Labute approximate surface area is 158 Å².